The SMILES string of the molecule is C=C(C)C(=C)/C(=C\c1ccccc1C)C(=O)O. The maximum absolute atomic E-state index is 11.2. The van der Waals surface area contributed by atoms with Crippen molar-refractivity contribution in [2.75, 3.05) is 0 Å². The fourth-order valence-electron chi connectivity index (χ4n) is 1.41. The van der Waals surface area contributed by atoms with E-state index in [-0.39, 0.29) is 5.57 Å². The normalized spacial score (nSPS) is 11.1. The zero-order chi connectivity index (χ0) is 13.0. The minimum absolute atomic E-state index is 0.187. The van der Waals surface area contributed by atoms with E-state index in [1.165, 1.54) is 0 Å². The van der Waals surface area contributed by atoms with E-state index < -0.39 is 5.97 Å². The highest BCUT2D eigenvalue weighted by molar-refractivity contribution is 5.98. The molecule has 1 rings (SSSR count). The van der Waals surface area contributed by atoms with Crippen LogP contribution in [0.3, 0.4) is 0 Å². The largest absolute Gasteiger partial charge is 0.478 e. The molecule has 0 saturated heterocycles. The molecule has 0 spiro atoms. The van der Waals surface area contributed by atoms with Crippen LogP contribution in [0.25, 0.3) is 6.08 Å². The van der Waals surface area contributed by atoms with Crippen molar-refractivity contribution in [1.82, 2.24) is 0 Å². The molecule has 1 aromatic rings. The molecule has 0 aliphatic carbocycles. The molecule has 0 aliphatic rings. The van der Waals surface area contributed by atoms with Crippen LogP contribution in [-0.4, -0.2) is 11.1 Å². The number of allylic oxidation sites excluding steroid dienone is 1. The number of rotatable bonds is 4. The quantitative estimate of drug-likeness (QED) is 0.631. The Morgan fingerprint density at radius 1 is 1.29 bits per heavy atom. The maximum atomic E-state index is 11.2. The van der Waals surface area contributed by atoms with Crippen LogP contribution in [0.5, 0.6) is 0 Å². The van der Waals surface area contributed by atoms with Gasteiger partial charge in [0.25, 0.3) is 0 Å². The Morgan fingerprint density at radius 3 is 2.35 bits per heavy atom. The summed E-state index contributed by atoms with van der Waals surface area (Å²) in [7, 11) is 0. The van der Waals surface area contributed by atoms with Crippen LogP contribution in [0.2, 0.25) is 0 Å². The Morgan fingerprint density at radius 2 is 1.88 bits per heavy atom. The molecule has 0 unspecified atom stereocenters. The zero-order valence-corrected chi connectivity index (χ0v) is 10.2. The van der Waals surface area contributed by atoms with Gasteiger partial charge >= 0.3 is 5.97 Å². The van der Waals surface area contributed by atoms with Crippen molar-refractivity contribution in [3.63, 3.8) is 0 Å². The second kappa shape index (κ2) is 5.30. The number of benzene rings is 1. The van der Waals surface area contributed by atoms with Gasteiger partial charge in [0, 0.05) is 0 Å². The van der Waals surface area contributed by atoms with E-state index in [2.05, 4.69) is 13.2 Å². The average molecular weight is 228 g/mol. The van der Waals surface area contributed by atoms with E-state index in [0.717, 1.165) is 11.1 Å². The lowest BCUT2D eigenvalue weighted by Crippen LogP contribution is -2.03. The lowest BCUT2D eigenvalue weighted by atomic mass is 9.98. The van der Waals surface area contributed by atoms with Crippen LogP contribution in [0.15, 0.2) is 54.1 Å². The number of carbonyl (C=O) groups is 1. The molecular weight excluding hydrogens is 212 g/mol. The highest BCUT2D eigenvalue weighted by Crippen LogP contribution is 2.20. The van der Waals surface area contributed by atoms with E-state index in [1.54, 1.807) is 13.0 Å². The van der Waals surface area contributed by atoms with Gasteiger partial charge in [-0.1, -0.05) is 43.0 Å². The molecule has 0 fully saturated rings. The lowest BCUT2D eigenvalue weighted by molar-refractivity contribution is -0.132. The molecule has 88 valence electrons. The third-order valence-corrected chi connectivity index (χ3v) is 2.56. The highest BCUT2D eigenvalue weighted by Gasteiger charge is 2.12. The van der Waals surface area contributed by atoms with Crippen molar-refractivity contribution in [3.05, 3.63) is 65.3 Å². The standard InChI is InChI=1S/C15H16O2/c1-10(2)12(4)14(15(16)17)9-13-8-6-5-7-11(13)3/h5-9H,1,4H2,2-3H3,(H,16,17)/b14-9+. The van der Waals surface area contributed by atoms with Gasteiger partial charge in [-0.05, 0) is 36.6 Å². The second-order valence-electron chi connectivity index (χ2n) is 3.98. The zero-order valence-electron chi connectivity index (χ0n) is 10.2. The molecule has 0 atom stereocenters. The van der Waals surface area contributed by atoms with Crippen LogP contribution < -0.4 is 0 Å². The molecule has 0 heterocycles. The summed E-state index contributed by atoms with van der Waals surface area (Å²) in [5.74, 6) is -0.985. The van der Waals surface area contributed by atoms with Gasteiger partial charge in [0.1, 0.15) is 0 Å². The highest BCUT2D eigenvalue weighted by atomic mass is 16.4. The van der Waals surface area contributed by atoms with Crippen LogP contribution in [-0.2, 0) is 4.79 Å². The lowest BCUT2D eigenvalue weighted by Gasteiger charge is -2.07. The Labute approximate surface area is 102 Å². The molecule has 17 heavy (non-hydrogen) atoms. The van der Waals surface area contributed by atoms with E-state index in [0.29, 0.717) is 11.1 Å². The van der Waals surface area contributed by atoms with Crippen LogP contribution in [0, 0.1) is 6.92 Å². The predicted molar refractivity (Wildman–Crippen MR) is 70.7 cm³/mol. The average Bonchev–Trinajstić information content (AvgIpc) is 2.26. The molecule has 0 aliphatic heterocycles. The van der Waals surface area contributed by atoms with Gasteiger partial charge in [0.05, 0.1) is 5.57 Å². The summed E-state index contributed by atoms with van der Waals surface area (Å²) >= 11 is 0. The molecule has 2 nitrogen and oxygen atoms in total. The summed E-state index contributed by atoms with van der Waals surface area (Å²) < 4.78 is 0. The Kier molecular flexibility index (Phi) is 4.05. The first-order valence-electron chi connectivity index (χ1n) is 5.29. The van der Waals surface area contributed by atoms with Crippen LogP contribution >= 0.6 is 0 Å². The first-order valence-corrected chi connectivity index (χ1v) is 5.29. The van der Waals surface area contributed by atoms with Gasteiger partial charge in [-0.3, -0.25) is 0 Å². The van der Waals surface area contributed by atoms with Gasteiger partial charge in [-0.2, -0.15) is 0 Å². The smallest absolute Gasteiger partial charge is 0.336 e. The van der Waals surface area contributed by atoms with Gasteiger partial charge in [-0.15, -0.1) is 0 Å². The second-order valence-corrected chi connectivity index (χ2v) is 3.98. The Hall–Kier alpha value is -2.09. The van der Waals surface area contributed by atoms with Gasteiger partial charge in [-0.25, -0.2) is 4.79 Å². The minimum Gasteiger partial charge on any atom is -0.478 e. The summed E-state index contributed by atoms with van der Waals surface area (Å²) in [6.45, 7) is 11.2. The number of hydrogen-bond acceptors (Lipinski definition) is 1. The van der Waals surface area contributed by atoms with Crippen molar-refractivity contribution >= 4 is 12.0 Å². The van der Waals surface area contributed by atoms with E-state index in [9.17, 15) is 9.90 Å². The molecule has 2 heteroatoms. The van der Waals surface area contributed by atoms with E-state index in [4.69, 9.17) is 0 Å². The first-order chi connectivity index (χ1) is 7.93. The molecule has 1 N–H and O–H groups in total. The number of aliphatic carboxylic acids is 1. The van der Waals surface area contributed by atoms with Gasteiger partial charge in [0.15, 0.2) is 0 Å². The molecular formula is C15H16O2. The molecule has 0 radical (unpaired) electrons. The Bertz CT molecular complexity index is 507. The molecule has 0 saturated carbocycles. The van der Waals surface area contributed by atoms with Crippen LogP contribution in [0.1, 0.15) is 18.1 Å². The molecule has 0 amide bonds. The topological polar surface area (TPSA) is 37.3 Å². The minimum atomic E-state index is -0.985. The van der Waals surface area contributed by atoms with Crippen molar-refractivity contribution in [2.45, 2.75) is 13.8 Å². The number of carboxylic acids is 1. The predicted octanol–water partition coefficient (Wildman–Crippen LogP) is 3.60. The first kappa shape index (κ1) is 13.0. The van der Waals surface area contributed by atoms with Crippen LogP contribution in [0.4, 0.5) is 0 Å². The monoisotopic (exact) mass is 228 g/mol. The summed E-state index contributed by atoms with van der Waals surface area (Å²) in [5.41, 5.74) is 3.22. The molecule has 0 bridgehead atoms. The number of hydrogen-bond donors (Lipinski definition) is 1. The number of aryl methyl sites for hydroxylation is 1. The van der Waals surface area contributed by atoms with E-state index >= 15 is 0 Å². The fraction of sp³-hybridized carbons (Fsp3) is 0.133. The summed E-state index contributed by atoms with van der Waals surface area (Å²) in [6.07, 6.45) is 1.63. The van der Waals surface area contributed by atoms with Crippen molar-refractivity contribution in [2.24, 2.45) is 0 Å². The number of carboxylic acid groups (broad SMARTS) is 1. The van der Waals surface area contributed by atoms with Crippen molar-refractivity contribution in [3.8, 4) is 0 Å². The third kappa shape index (κ3) is 3.18. The fourth-order valence-corrected chi connectivity index (χ4v) is 1.41. The van der Waals surface area contributed by atoms with Gasteiger partial charge < -0.3 is 5.11 Å². The summed E-state index contributed by atoms with van der Waals surface area (Å²) in [4.78, 5) is 11.2. The Balaban J connectivity index is 3.25. The third-order valence-electron chi connectivity index (χ3n) is 2.56. The van der Waals surface area contributed by atoms with Gasteiger partial charge in [0.2, 0.25) is 0 Å². The summed E-state index contributed by atoms with van der Waals surface area (Å²) in [6, 6.07) is 7.61. The maximum Gasteiger partial charge on any atom is 0.336 e. The van der Waals surface area contributed by atoms with Crippen molar-refractivity contribution in [1.29, 1.82) is 0 Å². The molecule has 0 aromatic heterocycles. The van der Waals surface area contributed by atoms with E-state index in [1.807, 2.05) is 31.2 Å². The van der Waals surface area contributed by atoms with Crippen molar-refractivity contribution < 1.29 is 9.90 Å². The summed E-state index contributed by atoms with van der Waals surface area (Å²) in [5, 5.41) is 9.17. The molecule has 1 aromatic carbocycles.